The lowest BCUT2D eigenvalue weighted by atomic mass is 9.54. The zero-order chi connectivity index (χ0) is 18.3. The van der Waals surface area contributed by atoms with Crippen molar-refractivity contribution in [2.24, 2.45) is 11.3 Å². The van der Waals surface area contributed by atoms with Crippen LogP contribution in [-0.4, -0.2) is 17.7 Å². The summed E-state index contributed by atoms with van der Waals surface area (Å²) in [5.41, 5.74) is 1.63. The highest BCUT2D eigenvalue weighted by molar-refractivity contribution is 5.80. The van der Waals surface area contributed by atoms with Crippen LogP contribution < -0.4 is 0 Å². The smallest absolute Gasteiger partial charge is 0.313 e. The molecule has 1 N–H and O–H groups in total. The van der Waals surface area contributed by atoms with Gasteiger partial charge < -0.3 is 18.7 Å². The van der Waals surface area contributed by atoms with E-state index in [-0.39, 0.29) is 17.8 Å². The Bertz CT molecular complexity index is 774. The summed E-state index contributed by atoms with van der Waals surface area (Å²) in [4.78, 5) is 13.3. The Morgan fingerprint density at radius 2 is 2.31 bits per heavy atom. The van der Waals surface area contributed by atoms with E-state index in [1.54, 1.807) is 18.4 Å². The van der Waals surface area contributed by atoms with Crippen LogP contribution in [0.5, 0.6) is 0 Å². The third-order valence-corrected chi connectivity index (χ3v) is 6.33. The first-order valence-corrected chi connectivity index (χ1v) is 9.55. The van der Waals surface area contributed by atoms with Crippen LogP contribution >= 0.6 is 0 Å². The summed E-state index contributed by atoms with van der Waals surface area (Å²) >= 11 is 0. The predicted molar refractivity (Wildman–Crippen MR) is 94.6 cm³/mol. The van der Waals surface area contributed by atoms with E-state index < -0.39 is 11.5 Å². The highest BCUT2D eigenvalue weighted by Crippen LogP contribution is 2.58. The summed E-state index contributed by atoms with van der Waals surface area (Å²) in [6, 6.07) is 3.51. The lowest BCUT2D eigenvalue weighted by Gasteiger charge is -2.48. The first kappa shape index (κ1) is 17.4. The highest BCUT2D eigenvalue weighted by Gasteiger charge is 2.57. The van der Waals surface area contributed by atoms with Crippen molar-refractivity contribution in [3.8, 4) is 0 Å². The fraction of sp³-hybridized carbons (Fsp3) is 0.571. The van der Waals surface area contributed by atoms with Crippen molar-refractivity contribution in [2.75, 3.05) is 6.61 Å². The Balaban J connectivity index is 1.79. The Morgan fingerprint density at radius 3 is 3.04 bits per heavy atom. The van der Waals surface area contributed by atoms with Crippen molar-refractivity contribution < 1.29 is 23.5 Å². The number of hydrogen-bond donors (Lipinski definition) is 1. The molecule has 0 spiro atoms. The number of aliphatic hydroxyl groups excluding tert-OH is 1. The van der Waals surface area contributed by atoms with Gasteiger partial charge in [0.25, 0.3) is 0 Å². The van der Waals surface area contributed by atoms with Crippen LogP contribution in [0.25, 0.3) is 0 Å². The second-order valence-electron chi connectivity index (χ2n) is 7.64. The molecule has 0 aliphatic heterocycles. The number of aryl methyl sites for hydroxylation is 1. The molecule has 2 aliphatic carbocycles. The van der Waals surface area contributed by atoms with E-state index in [9.17, 15) is 9.90 Å². The van der Waals surface area contributed by atoms with Gasteiger partial charge in [-0.25, -0.2) is 0 Å². The van der Waals surface area contributed by atoms with Crippen molar-refractivity contribution in [3.63, 3.8) is 0 Å². The van der Waals surface area contributed by atoms with Gasteiger partial charge in [0.05, 0.1) is 24.5 Å². The van der Waals surface area contributed by atoms with Crippen LogP contribution in [0.15, 0.2) is 33.5 Å². The Hall–Kier alpha value is -2.01. The Morgan fingerprint density at radius 1 is 1.46 bits per heavy atom. The second kappa shape index (κ2) is 6.62. The minimum absolute atomic E-state index is 0.0146. The normalized spacial score (nSPS) is 28.4. The summed E-state index contributed by atoms with van der Waals surface area (Å²) in [7, 11) is 0. The van der Waals surface area contributed by atoms with Gasteiger partial charge in [0.15, 0.2) is 0 Å². The monoisotopic (exact) mass is 358 g/mol. The molecule has 5 heteroatoms. The number of ether oxygens (including phenoxy) is 1. The molecule has 4 atom stereocenters. The van der Waals surface area contributed by atoms with Crippen LogP contribution in [0.1, 0.15) is 67.8 Å². The number of esters is 1. The molecule has 4 rings (SSSR count). The van der Waals surface area contributed by atoms with Crippen molar-refractivity contribution in [1.82, 2.24) is 0 Å². The predicted octanol–water partition coefficient (Wildman–Crippen LogP) is 4.16. The van der Waals surface area contributed by atoms with E-state index in [1.165, 1.54) is 11.1 Å². The molecule has 0 radical (unpaired) electrons. The van der Waals surface area contributed by atoms with Crippen molar-refractivity contribution in [3.05, 3.63) is 47.3 Å². The van der Waals surface area contributed by atoms with Gasteiger partial charge in [0, 0.05) is 17.9 Å². The van der Waals surface area contributed by atoms with Gasteiger partial charge in [-0.05, 0) is 56.2 Å². The van der Waals surface area contributed by atoms with Crippen molar-refractivity contribution in [2.45, 2.75) is 58.0 Å². The molecule has 0 amide bonds. The molecule has 0 aromatic carbocycles. The molecular formula is C21H26O5. The summed E-state index contributed by atoms with van der Waals surface area (Å²) in [6.45, 7) is 4.24. The molecule has 5 nitrogen and oxygen atoms in total. The number of hydrogen-bond acceptors (Lipinski definition) is 5. The number of carbonyl (C=O) groups is 1. The summed E-state index contributed by atoms with van der Waals surface area (Å²) in [6.07, 6.45) is 6.47. The lowest BCUT2D eigenvalue weighted by molar-refractivity contribution is -0.166. The van der Waals surface area contributed by atoms with E-state index in [0.29, 0.717) is 25.2 Å². The molecule has 2 aromatic heterocycles. The Kier molecular flexibility index (Phi) is 4.43. The van der Waals surface area contributed by atoms with Crippen molar-refractivity contribution >= 4 is 5.97 Å². The van der Waals surface area contributed by atoms with E-state index in [2.05, 4.69) is 6.92 Å². The molecule has 0 saturated heterocycles. The molecular weight excluding hydrogens is 332 g/mol. The number of furan rings is 2. The minimum atomic E-state index is -0.837. The molecule has 2 aromatic rings. The Labute approximate surface area is 153 Å². The third kappa shape index (κ3) is 2.52. The summed E-state index contributed by atoms with van der Waals surface area (Å²) in [5, 5.41) is 10.8. The molecule has 0 unspecified atom stereocenters. The van der Waals surface area contributed by atoms with Gasteiger partial charge in [-0.1, -0.05) is 6.92 Å². The minimum Gasteiger partial charge on any atom is -0.469 e. The van der Waals surface area contributed by atoms with E-state index >= 15 is 0 Å². The van der Waals surface area contributed by atoms with Crippen LogP contribution in [0.4, 0.5) is 0 Å². The van der Waals surface area contributed by atoms with Gasteiger partial charge in [-0.3, -0.25) is 4.79 Å². The maximum absolute atomic E-state index is 13.3. The molecule has 0 fully saturated rings. The number of rotatable bonds is 5. The first-order chi connectivity index (χ1) is 12.6. The zero-order valence-corrected chi connectivity index (χ0v) is 15.4. The second-order valence-corrected chi connectivity index (χ2v) is 7.64. The van der Waals surface area contributed by atoms with E-state index in [4.69, 9.17) is 13.6 Å². The lowest BCUT2D eigenvalue weighted by Crippen LogP contribution is -2.49. The van der Waals surface area contributed by atoms with Crippen molar-refractivity contribution in [1.29, 1.82) is 0 Å². The number of carbonyl (C=O) groups excluding carboxylic acids is 1. The molecule has 2 aliphatic rings. The summed E-state index contributed by atoms with van der Waals surface area (Å²) < 4.78 is 16.8. The SMILES string of the molecule is CCOC(=O)[C@]1(C[C@@H](O)c2ccco2)[C@H](C)Cc2occ3c2[C@@H]1CCC3. The van der Waals surface area contributed by atoms with Gasteiger partial charge in [0.1, 0.15) is 17.6 Å². The van der Waals surface area contributed by atoms with Crippen LogP contribution in [0, 0.1) is 11.3 Å². The van der Waals surface area contributed by atoms with E-state index in [1.807, 2.05) is 13.2 Å². The van der Waals surface area contributed by atoms with Crippen LogP contribution in [-0.2, 0) is 22.4 Å². The standard InChI is InChI=1S/C21H26O5/c1-3-24-20(23)21(11-16(22)17-8-5-9-25-17)13(2)10-18-19-14(12-26-18)6-4-7-15(19)21/h5,8-9,12-13,15-16,22H,3-4,6-7,10-11H2,1-2H3/t13-,15+,16-,21-/m1/s1. The summed E-state index contributed by atoms with van der Waals surface area (Å²) in [5.74, 6) is 1.33. The average molecular weight is 358 g/mol. The first-order valence-electron chi connectivity index (χ1n) is 9.55. The fourth-order valence-electron chi connectivity index (χ4n) is 5.11. The zero-order valence-electron chi connectivity index (χ0n) is 15.4. The van der Waals surface area contributed by atoms with Gasteiger partial charge >= 0.3 is 5.97 Å². The largest absolute Gasteiger partial charge is 0.469 e. The van der Waals surface area contributed by atoms with Gasteiger partial charge in [0.2, 0.25) is 0 Å². The number of aliphatic hydroxyl groups is 1. The molecule has 2 heterocycles. The highest BCUT2D eigenvalue weighted by atomic mass is 16.5. The van der Waals surface area contributed by atoms with Crippen LogP contribution in [0.2, 0.25) is 0 Å². The molecule has 26 heavy (non-hydrogen) atoms. The third-order valence-electron chi connectivity index (χ3n) is 6.33. The quantitative estimate of drug-likeness (QED) is 0.813. The molecule has 0 bridgehead atoms. The van der Waals surface area contributed by atoms with Gasteiger partial charge in [-0.15, -0.1) is 0 Å². The maximum atomic E-state index is 13.3. The van der Waals surface area contributed by atoms with E-state index in [0.717, 1.165) is 25.0 Å². The topological polar surface area (TPSA) is 72.8 Å². The average Bonchev–Trinajstić information content (AvgIpc) is 3.29. The van der Waals surface area contributed by atoms with Crippen LogP contribution in [0.3, 0.4) is 0 Å². The maximum Gasteiger partial charge on any atom is 0.313 e. The fourth-order valence-corrected chi connectivity index (χ4v) is 5.11. The molecule has 140 valence electrons. The van der Waals surface area contributed by atoms with Gasteiger partial charge in [-0.2, -0.15) is 0 Å². The molecule has 0 saturated carbocycles.